The van der Waals surface area contributed by atoms with Crippen LogP contribution in [-0.4, -0.2) is 4.57 Å². The van der Waals surface area contributed by atoms with E-state index in [-0.39, 0.29) is 12.4 Å². The summed E-state index contributed by atoms with van der Waals surface area (Å²) in [6, 6.07) is 27.9. The Morgan fingerprint density at radius 3 is 2.28 bits per heavy atom. The average molecular weight is 349 g/mol. The first-order valence-electron chi connectivity index (χ1n) is 8.37. The highest BCUT2D eigenvalue weighted by Crippen LogP contribution is 2.16. The van der Waals surface area contributed by atoms with Crippen molar-refractivity contribution in [2.24, 2.45) is 0 Å². The molecule has 0 radical (unpaired) electrons. The molecule has 0 unspecified atom stereocenters. The predicted octanol–water partition coefficient (Wildman–Crippen LogP) is 1.34. The Kier molecular flexibility index (Phi) is 5.20. The molecule has 2 nitrogen and oxygen atoms in total. The molecule has 0 fully saturated rings. The smallest absolute Gasteiger partial charge is 0.245 e. The SMILES string of the molecule is Cc1ccccc1Cn1c[n+](Cc2ccccc2)c2ccccc21.[Cl-]. The number of hydrogen-bond acceptors (Lipinski definition) is 0. The summed E-state index contributed by atoms with van der Waals surface area (Å²) >= 11 is 0. The third-order valence-corrected chi connectivity index (χ3v) is 4.58. The summed E-state index contributed by atoms with van der Waals surface area (Å²) in [6.45, 7) is 3.97. The fraction of sp³-hybridized carbons (Fsp3) is 0.136. The van der Waals surface area contributed by atoms with Crippen LogP contribution < -0.4 is 17.0 Å². The molecule has 0 bridgehead atoms. The number of hydrogen-bond donors (Lipinski definition) is 0. The molecule has 0 atom stereocenters. The van der Waals surface area contributed by atoms with Crippen LogP contribution in [0.2, 0.25) is 0 Å². The van der Waals surface area contributed by atoms with Gasteiger partial charge in [-0.05, 0) is 35.7 Å². The first-order chi connectivity index (χ1) is 11.8. The van der Waals surface area contributed by atoms with Gasteiger partial charge in [-0.2, -0.15) is 0 Å². The van der Waals surface area contributed by atoms with E-state index in [0.29, 0.717) is 0 Å². The average Bonchev–Trinajstić information content (AvgIpc) is 2.96. The van der Waals surface area contributed by atoms with Crippen LogP contribution in [0, 0.1) is 6.92 Å². The molecule has 0 saturated carbocycles. The number of imidazole rings is 1. The summed E-state index contributed by atoms with van der Waals surface area (Å²) < 4.78 is 4.68. The van der Waals surface area contributed by atoms with Crippen LogP contribution in [0.5, 0.6) is 0 Å². The van der Waals surface area contributed by atoms with Crippen molar-refractivity contribution in [3.8, 4) is 0 Å². The Labute approximate surface area is 154 Å². The third kappa shape index (κ3) is 3.59. The summed E-state index contributed by atoms with van der Waals surface area (Å²) in [4.78, 5) is 0. The monoisotopic (exact) mass is 348 g/mol. The van der Waals surface area contributed by atoms with Crippen molar-refractivity contribution in [2.75, 3.05) is 0 Å². The van der Waals surface area contributed by atoms with Gasteiger partial charge in [-0.15, -0.1) is 0 Å². The molecule has 0 aliphatic carbocycles. The number of fused-ring (bicyclic) bond motifs is 1. The van der Waals surface area contributed by atoms with Gasteiger partial charge in [0.05, 0.1) is 0 Å². The van der Waals surface area contributed by atoms with E-state index in [0.717, 1.165) is 13.1 Å². The van der Waals surface area contributed by atoms with Crippen molar-refractivity contribution in [1.29, 1.82) is 0 Å². The van der Waals surface area contributed by atoms with Crippen LogP contribution in [0.1, 0.15) is 16.7 Å². The molecule has 126 valence electrons. The maximum Gasteiger partial charge on any atom is 0.245 e. The zero-order valence-electron chi connectivity index (χ0n) is 14.3. The number of rotatable bonds is 4. The zero-order chi connectivity index (χ0) is 16.4. The molecule has 3 aromatic carbocycles. The van der Waals surface area contributed by atoms with Gasteiger partial charge in [0.1, 0.15) is 13.1 Å². The molecular formula is C22H21ClN2. The van der Waals surface area contributed by atoms with Gasteiger partial charge in [0, 0.05) is 0 Å². The lowest BCUT2D eigenvalue weighted by molar-refractivity contribution is -0.663. The fourth-order valence-corrected chi connectivity index (χ4v) is 3.25. The Hall–Kier alpha value is -2.58. The molecule has 1 aromatic heterocycles. The van der Waals surface area contributed by atoms with Crippen molar-refractivity contribution < 1.29 is 17.0 Å². The van der Waals surface area contributed by atoms with Crippen molar-refractivity contribution in [1.82, 2.24) is 4.57 Å². The van der Waals surface area contributed by atoms with Gasteiger partial charge >= 0.3 is 0 Å². The van der Waals surface area contributed by atoms with E-state index in [1.165, 1.54) is 27.7 Å². The minimum absolute atomic E-state index is 0. The number of para-hydroxylation sites is 2. The van der Waals surface area contributed by atoms with Gasteiger partial charge < -0.3 is 12.4 Å². The van der Waals surface area contributed by atoms with Gasteiger partial charge in [-0.1, -0.05) is 66.7 Å². The maximum atomic E-state index is 2.35. The van der Waals surface area contributed by atoms with Crippen LogP contribution >= 0.6 is 0 Å². The molecule has 25 heavy (non-hydrogen) atoms. The van der Waals surface area contributed by atoms with Crippen LogP contribution in [0.25, 0.3) is 11.0 Å². The van der Waals surface area contributed by atoms with Gasteiger partial charge in [-0.3, -0.25) is 0 Å². The molecule has 0 N–H and O–H groups in total. The molecule has 4 rings (SSSR count). The minimum Gasteiger partial charge on any atom is -1.00 e. The largest absolute Gasteiger partial charge is 1.00 e. The Balaban J connectivity index is 0.00000182. The van der Waals surface area contributed by atoms with E-state index in [9.17, 15) is 0 Å². The lowest BCUT2D eigenvalue weighted by atomic mass is 10.1. The molecule has 0 spiro atoms. The normalized spacial score (nSPS) is 10.6. The van der Waals surface area contributed by atoms with Crippen molar-refractivity contribution >= 4 is 11.0 Å². The van der Waals surface area contributed by atoms with Crippen LogP contribution in [0.3, 0.4) is 0 Å². The first-order valence-corrected chi connectivity index (χ1v) is 8.37. The molecular weight excluding hydrogens is 328 g/mol. The molecule has 0 amide bonds. The van der Waals surface area contributed by atoms with E-state index < -0.39 is 0 Å². The summed E-state index contributed by atoms with van der Waals surface area (Å²) in [6.07, 6.45) is 2.24. The first kappa shape index (κ1) is 17.2. The van der Waals surface area contributed by atoms with E-state index in [1.807, 2.05) is 0 Å². The van der Waals surface area contributed by atoms with Crippen molar-refractivity contribution in [3.63, 3.8) is 0 Å². The topological polar surface area (TPSA) is 8.81 Å². The number of halogens is 1. The standard InChI is InChI=1S/C22H21N2.ClH/c1-18-9-5-6-12-20(18)16-24-17-23(15-19-10-3-2-4-11-19)21-13-7-8-14-22(21)24;/h2-14,17H,15-16H2,1H3;1H/q+1;/p-1. The molecule has 0 aliphatic heterocycles. The molecule has 0 saturated heterocycles. The summed E-state index contributed by atoms with van der Waals surface area (Å²) in [7, 11) is 0. The number of nitrogens with zero attached hydrogens (tertiary/aromatic N) is 2. The van der Waals surface area contributed by atoms with Gasteiger partial charge in [0.25, 0.3) is 0 Å². The van der Waals surface area contributed by atoms with Gasteiger partial charge in [0.2, 0.25) is 6.33 Å². The van der Waals surface area contributed by atoms with Gasteiger partial charge in [-0.25, -0.2) is 9.13 Å². The number of aryl methyl sites for hydroxylation is 1. The van der Waals surface area contributed by atoms with Crippen LogP contribution in [0.15, 0.2) is 85.2 Å². The lowest BCUT2D eigenvalue weighted by Gasteiger charge is -2.02. The highest BCUT2D eigenvalue weighted by molar-refractivity contribution is 5.71. The fourth-order valence-electron chi connectivity index (χ4n) is 3.25. The molecule has 1 heterocycles. The molecule has 3 heteroatoms. The third-order valence-electron chi connectivity index (χ3n) is 4.58. The second-order valence-corrected chi connectivity index (χ2v) is 6.27. The minimum atomic E-state index is 0. The second-order valence-electron chi connectivity index (χ2n) is 6.27. The zero-order valence-corrected chi connectivity index (χ0v) is 15.0. The van der Waals surface area contributed by atoms with Crippen molar-refractivity contribution in [3.05, 3.63) is 102 Å². The van der Waals surface area contributed by atoms with E-state index in [4.69, 9.17) is 0 Å². The quantitative estimate of drug-likeness (QED) is 0.492. The second kappa shape index (κ2) is 7.54. The van der Waals surface area contributed by atoms with Crippen molar-refractivity contribution in [2.45, 2.75) is 20.0 Å². The highest BCUT2D eigenvalue weighted by atomic mass is 35.5. The van der Waals surface area contributed by atoms with Gasteiger partial charge in [0.15, 0.2) is 11.0 Å². The number of aromatic nitrogens is 2. The Bertz CT molecular complexity index is 974. The molecule has 0 aliphatic rings. The maximum absolute atomic E-state index is 2.35. The van der Waals surface area contributed by atoms with Crippen LogP contribution in [0.4, 0.5) is 0 Å². The van der Waals surface area contributed by atoms with Crippen LogP contribution in [-0.2, 0) is 13.1 Å². The Morgan fingerprint density at radius 2 is 1.48 bits per heavy atom. The lowest BCUT2D eigenvalue weighted by Crippen LogP contribution is -3.00. The van der Waals surface area contributed by atoms with E-state index >= 15 is 0 Å². The van der Waals surface area contributed by atoms with E-state index in [2.05, 4.69) is 101 Å². The predicted molar refractivity (Wildman–Crippen MR) is 98.0 cm³/mol. The van der Waals surface area contributed by atoms with E-state index in [1.54, 1.807) is 0 Å². The Morgan fingerprint density at radius 1 is 0.800 bits per heavy atom. The summed E-state index contributed by atoms with van der Waals surface area (Å²) in [5.41, 5.74) is 6.57. The highest BCUT2D eigenvalue weighted by Gasteiger charge is 2.16. The number of benzene rings is 3. The summed E-state index contributed by atoms with van der Waals surface area (Å²) in [5.74, 6) is 0. The summed E-state index contributed by atoms with van der Waals surface area (Å²) in [5, 5.41) is 0. The molecule has 4 aromatic rings.